The van der Waals surface area contributed by atoms with E-state index in [-0.39, 0.29) is 17.6 Å². The summed E-state index contributed by atoms with van der Waals surface area (Å²) in [5, 5.41) is 6.27. The van der Waals surface area contributed by atoms with Crippen LogP contribution in [0.4, 0.5) is 5.69 Å². The van der Waals surface area contributed by atoms with Gasteiger partial charge in [-0.1, -0.05) is 29.8 Å². The average molecular weight is 435 g/mol. The Morgan fingerprint density at radius 3 is 2.62 bits per heavy atom. The van der Waals surface area contributed by atoms with Crippen molar-refractivity contribution >= 4 is 40.9 Å². The van der Waals surface area contributed by atoms with Crippen LogP contribution in [0.25, 0.3) is 0 Å². The van der Waals surface area contributed by atoms with E-state index in [0.717, 1.165) is 16.9 Å². The third-order valence-corrected chi connectivity index (χ3v) is 5.82. The highest BCUT2D eigenvalue weighted by Crippen LogP contribution is 2.20. The van der Waals surface area contributed by atoms with Gasteiger partial charge in [0.1, 0.15) is 17.3 Å². The van der Waals surface area contributed by atoms with Crippen molar-refractivity contribution in [3.63, 3.8) is 0 Å². The number of methoxy groups -OCH3 is 1. The molecule has 2 atom stereocenters. The van der Waals surface area contributed by atoms with Crippen molar-refractivity contribution in [2.24, 2.45) is 0 Å². The Morgan fingerprint density at radius 2 is 1.97 bits per heavy atom. The van der Waals surface area contributed by atoms with Crippen molar-refractivity contribution < 1.29 is 14.3 Å². The summed E-state index contributed by atoms with van der Waals surface area (Å²) in [6.45, 7) is 1.90. The Morgan fingerprint density at radius 1 is 1.21 bits per heavy atom. The lowest BCUT2D eigenvalue weighted by Gasteiger charge is -2.31. The molecule has 0 aliphatic carbocycles. The number of amides is 2. The Labute approximate surface area is 178 Å². The van der Waals surface area contributed by atoms with Crippen LogP contribution >= 0.6 is 23.4 Å². The van der Waals surface area contributed by atoms with Crippen LogP contribution in [0.5, 0.6) is 5.75 Å². The van der Waals surface area contributed by atoms with Crippen molar-refractivity contribution in [2.45, 2.75) is 24.9 Å². The molecule has 1 heterocycles. The molecule has 2 amide bonds. The van der Waals surface area contributed by atoms with Gasteiger partial charge in [-0.05, 0) is 48.7 Å². The molecule has 9 heteroatoms. The molecular weight excluding hydrogens is 412 g/mol. The number of anilines is 1. The second-order valence-electron chi connectivity index (χ2n) is 6.61. The molecule has 154 valence electrons. The van der Waals surface area contributed by atoms with E-state index in [0.29, 0.717) is 17.1 Å². The molecule has 1 saturated heterocycles. The van der Waals surface area contributed by atoms with Crippen LogP contribution in [-0.2, 0) is 16.0 Å². The van der Waals surface area contributed by atoms with Gasteiger partial charge in [-0.2, -0.15) is 0 Å². The number of thioether (sulfide) groups is 1. The van der Waals surface area contributed by atoms with Crippen molar-refractivity contribution in [2.75, 3.05) is 18.2 Å². The third-order valence-electron chi connectivity index (χ3n) is 4.41. The largest absolute Gasteiger partial charge is 0.497 e. The number of aryl methyl sites for hydroxylation is 1. The SMILES string of the molecule is COc1ccc(CC2NNC(SCC(=O)Nc3ccc(C)c(Cl)c3)NC2=O)cc1. The summed E-state index contributed by atoms with van der Waals surface area (Å²) >= 11 is 7.35. The van der Waals surface area contributed by atoms with Crippen LogP contribution in [-0.4, -0.2) is 36.2 Å². The highest BCUT2D eigenvalue weighted by molar-refractivity contribution is 8.00. The molecule has 0 radical (unpaired) electrons. The van der Waals surface area contributed by atoms with Crippen molar-refractivity contribution in [1.29, 1.82) is 0 Å². The first-order valence-electron chi connectivity index (χ1n) is 9.06. The molecular formula is C20H23ClN4O3S. The van der Waals surface area contributed by atoms with Crippen molar-refractivity contribution in [1.82, 2.24) is 16.2 Å². The quantitative estimate of drug-likeness (QED) is 0.535. The van der Waals surface area contributed by atoms with E-state index in [9.17, 15) is 9.59 Å². The van der Waals surface area contributed by atoms with E-state index in [4.69, 9.17) is 16.3 Å². The summed E-state index contributed by atoms with van der Waals surface area (Å²) in [6, 6.07) is 12.5. The van der Waals surface area contributed by atoms with Crippen LogP contribution < -0.4 is 26.2 Å². The van der Waals surface area contributed by atoms with E-state index in [1.54, 1.807) is 19.2 Å². The number of carbonyl (C=O) groups is 2. The monoisotopic (exact) mass is 434 g/mol. The van der Waals surface area contributed by atoms with E-state index in [1.807, 2.05) is 37.3 Å². The van der Waals surface area contributed by atoms with E-state index in [1.165, 1.54) is 11.8 Å². The highest BCUT2D eigenvalue weighted by Gasteiger charge is 2.27. The van der Waals surface area contributed by atoms with Gasteiger partial charge in [0.05, 0.1) is 12.9 Å². The predicted molar refractivity (Wildman–Crippen MR) is 116 cm³/mol. The first-order valence-corrected chi connectivity index (χ1v) is 10.5. The van der Waals surface area contributed by atoms with Gasteiger partial charge in [0.2, 0.25) is 11.8 Å². The molecule has 0 aromatic heterocycles. The topological polar surface area (TPSA) is 91.5 Å². The summed E-state index contributed by atoms with van der Waals surface area (Å²) in [6.07, 6.45) is 0.537. The second-order valence-corrected chi connectivity index (χ2v) is 8.11. The maximum atomic E-state index is 12.4. The number of hydrazine groups is 1. The second kappa shape index (κ2) is 9.98. The van der Waals surface area contributed by atoms with Crippen LogP contribution in [0.1, 0.15) is 11.1 Å². The summed E-state index contributed by atoms with van der Waals surface area (Å²) in [4.78, 5) is 24.5. The van der Waals surface area contributed by atoms with Gasteiger partial charge in [-0.3, -0.25) is 9.59 Å². The zero-order chi connectivity index (χ0) is 20.8. The number of halogens is 1. The fourth-order valence-corrected chi connectivity index (χ4v) is 3.68. The van der Waals surface area contributed by atoms with Gasteiger partial charge in [0, 0.05) is 10.7 Å². The van der Waals surface area contributed by atoms with Crippen molar-refractivity contribution in [3.05, 3.63) is 58.6 Å². The van der Waals surface area contributed by atoms with Crippen LogP contribution in [0.3, 0.4) is 0 Å². The number of nitrogens with one attached hydrogen (secondary N) is 4. The standard InChI is InChI=1S/C20H23ClN4O3S/c1-12-3-6-14(10-16(12)21)22-18(26)11-29-20-23-19(27)17(24-25-20)9-13-4-7-15(28-2)8-5-13/h3-8,10,17,20,24-25H,9,11H2,1-2H3,(H,22,26)(H,23,27). The number of benzene rings is 2. The van der Waals surface area contributed by atoms with Gasteiger partial charge < -0.3 is 15.4 Å². The van der Waals surface area contributed by atoms with Gasteiger partial charge in [0.15, 0.2) is 0 Å². The molecule has 4 N–H and O–H groups in total. The summed E-state index contributed by atoms with van der Waals surface area (Å²) in [7, 11) is 1.61. The highest BCUT2D eigenvalue weighted by atomic mass is 35.5. The number of hydrogen-bond acceptors (Lipinski definition) is 6. The Balaban J connectivity index is 1.43. The fourth-order valence-electron chi connectivity index (χ4n) is 2.76. The molecule has 0 spiro atoms. The van der Waals surface area contributed by atoms with Gasteiger partial charge in [-0.15, -0.1) is 11.8 Å². The van der Waals surface area contributed by atoms with Crippen LogP contribution in [0.2, 0.25) is 5.02 Å². The summed E-state index contributed by atoms with van der Waals surface area (Å²) < 4.78 is 5.14. The average Bonchev–Trinajstić information content (AvgIpc) is 2.71. The molecule has 1 fully saturated rings. The summed E-state index contributed by atoms with van der Waals surface area (Å²) in [5.41, 5.74) is 8.26. The Bertz CT molecular complexity index is 879. The minimum atomic E-state index is -0.401. The van der Waals surface area contributed by atoms with Crippen LogP contribution in [0.15, 0.2) is 42.5 Å². The molecule has 0 bridgehead atoms. The molecule has 2 unspecified atom stereocenters. The molecule has 2 aromatic rings. The molecule has 1 aliphatic rings. The third kappa shape index (κ3) is 6.11. The maximum Gasteiger partial charge on any atom is 0.240 e. The summed E-state index contributed by atoms with van der Waals surface area (Å²) in [5.74, 6) is 0.651. The first kappa shape index (κ1) is 21.4. The first-order chi connectivity index (χ1) is 13.9. The normalized spacial score (nSPS) is 18.8. The minimum Gasteiger partial charge on any atom is -0.497 e. The lowest BCUT2D eigenvalue weighted by Crippen LogP contribution is -2.64. The van der Waals surface area contributed by atoms with E-state index >= 15 is 0 Å². The maximum absolute atomic E-state index is 12.4. The number of rotatable bonds is 7. The molecule has 3 rings (SSSR count). The molecule has 29 heavy (non-hydrogen) atoms. The minimum absolute atomic E-state index is 0.122. The van der Waals surface area contributed by atoms with Crippen LogP contribution in [0, 0.1) is 6.92 Å². The van der Waals surface area contributed by atoms with Gasteiger partial charge in [0.25, 0.3) is 0 Å². The Kier molecular flexibility index (Phi) is 7.38. The van der Waals surface area contributed by atoms with Gasteiger partial charge in [-0.25, -0.2) is 10.9 Å². The molecule has 1 aliphatic heterocycles. The predicted octanol–water partition coefficient (Wildman–Crippen LogP) is 2.45. The number of hydrogen-bond donors (Lipinski definition) is 4. The smallest absolute Gasteiger partial charge is 0.240 e. The number of carbonyl (C=O) groups excluding carboxylic acids is 2. The molecule has 0 saturated carbocycles. The van der Waals surface area contributed by atoms with E-state index in [2.05, 4.69) is 21.5 Å². The van der Waals surface area contributed by atoms with Gasteiger partial charge >= 0.3 is 0 Å². The molecule has 7 nitrogen and oxygen atoms in total. The lowest BCUT2D eigenvalue weighted by atomic mass is 10.1. The lowest BCUT2D eigenvalue weighted by molar-refractivity contribution is -0.125. The molecule has 2 aromatic carbocycles. The van der Waals surface area contributed by atoms with Crippen molar-refractivity contribution in [3.8, 4) is 5.75 Å². The Hall–Kier alpha value is -2.26. The van der Waals surface area contributed by atoms with E-state index < -0.39 is 11.5 Å². The fraction of sp³-hybridized carbons (Fsp3) is 0.300. The zero-order valence-electron chi connectivity index (χ0n) is 16.1. The number of ether oxygens (including phenoxy) is 1. The zero-order valence-corrected chi connectivity index (χ0v) is 17.7.